The van der Waals surface area contributed by atoms with Crippen molar-refractivity contribution in [3.05, 3.63) is 56.1 Å². The number of pyridine rings is 1. The summed E-state index contributed by atoms with van der Waals surface area (Å²) in [5.74, 6) is -0.460. The van der Waals surface area contributed by atoms with Gasteiger partial charge in [-0.25, -0.2) is 4.79 Å². The van der Waals surface area contributed by atoms with Crippen LogP contribution in [0.3, 0.4) is 0 Å². The molecule has 0 saturated heterocycles. The lowest BCUT2D eigenvalue weighted by atomic mass is 9.90. The van der Waals surface area contributed by atoms with E-state index in [0.717, 1.165) is 37.7 Å². The molecule has 0 bridgehead atoms. The third kappa shape index (κ3) is 2.53. The van der Waals surface area contributed by atoms with Gasteiger partial charge in [0.15, 0.2) is 0 Å². The number of carbonyl (C=O) groups is 1. The third-order valence-corrected chi connectivity index (χ3v) is 5.74. The van der Waals surface area contributed by atoms with Crippen LogP contribution < -0.4 is 5.56 Å². The number of rotatable bonds is 5. The molecule has 2 aromatic heterocycles. The third-order valence-electron chi connectivity index (χ3n) is 4.81. The Kier molecular flexibility index (Phi) is 3.41. The number of thiophene rings is 1. The van der Waals surface area contributed by atoms with Gasteiger partial charge in [0.1, 0.15) is 11.2 Å². The van der Waals surface area contributed by atoms with Gasteiger partial charge in [-0.3, -0.25) is 4.79 Å². The van der Waals surface area contributed by atoms with E-state index < -0.39 is 11.6 Å². The Labute approximate surface area is 138 Å². The van der Waals surface area contributed by atoms with E-state index in [9.17, 15) is 9.59 Å². The van der Waals surface area contributed by atoms with Gasteiger partial charge >= 0.3 is 5.97 Å². The van der Waals surface area contributed by atoms with E-state index in [1.807, 2.05) is 25.3 Å². The first-order chi connectivity index (χ1) is 11.1. The van der Waals surface area contributed by atoms with E-state index in [4.69, 9.17) is 4.74 Å². The number of cyclic esters (lactones) is 1. The summed E-state index contributed by atoms with van der Waals surface area (Å²) in [4.78, 5) is 26.2. The van der Waals surface area contributed by atoms with E-state index in [1.54, 1.807) is 15.9 Å². The number of nitrogens with zero attached hydrogens (tertiary/aromatic N) is 1. The largest absolute Gasteiger partial charge is 0.451 e. The fourth-order valence-corrected chi connectivity index (χ4v) is 4.13. The molecule has 1 unspecified atom stereocenters. The van der Waals surface area contributed by atoms with Crippen molar-refractivity contribution in [3.8, 4) is 0 Å². The highest BCUT2D eigenvalue weighted by Gasteiger charge is 2.44. The van der Waals surface area contributed by atoms with Crippen LogP contribution in [0.4, 0.5) is 0 Å². The van der Waals surface area contributed by atoms with Crippen molar-refractivity contribution in [2.75, 3.05) is 0 Å². The molecule has 1 saturated carbocycles. The van der Waals surface area contributed by atoms with Crippen LogP contribution in [0.25, 0.3) is 0 Å². The molecule has 1 fully saturated rings. The minimum Gasteiger partial charge on any atom is -0.451 e. The summed E-state index contributed by atoms with van der Waals surface area (Å²) in [5, 5.41) is 2.07. The highest BCUT2D eigenvalue weighted by atomic mass is 32.1. The summed E-state index contributed by atoms with van der Waals surface area (Å²) in [5.41, 5.74) is 0.149. The molecule has 0 radical (unpaired) electrons. The maximum absolute atomic E-state index is 12.6. The van der Waals surface area contributed by atoms with Gasteiger partial charge in [-0.2, -0.15) is 0 Å². The molecule has 3 heterocycles. The Balaban J connectivity index is 1.58. The predicted molar refractivity (Wildman–Crippen MR) is 89.0 cm³/mol. The molecule has 1 atom stereocenters. The van der Waals surface area contributed by atoms with Crippen molar-refractivity contribution < 1.29 is 9.53 Å². The summed E-state index contributed by atoms with van der Waals surface area (Å²) < 4.78 is 7.32. The van der Waals surface area contributed by atoms with Crippen molar-refractivity contribution in [1.29, 1.82) is 0 Å². The zero-order valence-corrected chi connectivity index (χ0v) is 13.9. The molecule has 1 aliphatic carbocycles. The van der Waals surface area contributed by atoms with Gasteiger partial charge in [-0.1, -0.05) is 6.07 Å². The Morgan fingerprint density at radius 3 is 2.87 bits per heavy atom. The van der Waals surface area contributed by atoms with Crippen LogP contribution >= 0.6 is 11.3 Å². The lowest BCUT2D eigenvalue weighted by Crippen LogP contribution is -2.25. The first-order valence-electron chi connectivity index (χ1n) is 8.10. The molecule has 5 heteroatoms. The molecule has 23 heavy (non-hydrogen) atoms. The number of ether oxygens (including phenoxy) is 1. The molecule has 120 valence electrons. The topological polar surface area (TPSA) is 48.3 Å². The van der Waals surface area contributed by atoms with E-state index in [0.29, 0.717) is 0 Å². The lowest BCUT2D eigenvalue weighted by molar-refractivity contribution is -0.00386. The second-order valence-electron chi connectivity index (χ2n) is 6.60. The minimum atomic E-state index is -0.675. The highest BCUT2D eigenvalue weighted by molar-refractivity contribution is 7.09. The average molecular weight is 329 g/mol. The number of aryl methyl sites for hydroxylation is 1. The van der Waals surface area contributed by atoms with Crippen LogP contribution in [-0.4, -0.2) is 10.5 Å². The van der Waals surface area contributed by atoms with Gasteiger partial charge in [0.2, 0.25) is 0 Å². The first kappa shape index (κ1) is 14.7. The minimum absolute atomic E-state index is 0.183. The molecular formula is C18H19NO3S. The van der Waals surface area contributed by atoms with Crippen molar-refractivity contribution in [2.24, 2.45) is 0 Å². The normalized spacial score (nSPS) is 22.9. The second-order valence-corrected chi connectivity index (χ2v) is 7.63. The lowest BCUT2D eigenvalue weighted by Gasteiger charge is -2.24. The van der Waals surface area contributed by atoms with E-state index in [1.165, 1.54) is 4.88 Å². The fourth-order valence-electron chi connectivity index (χ4n) is 3.38. The molecule has 4 rings (SSSR count). The maximum Gasteiger partial charge on any atom is 0.345 e. The van der Waals surface area contributed by atoms with Crippen molar-refractivity contribution in [3.63, 3.8) is 0 Å². The Hall–Kier alpha value is -1.88. The molecular weight excluding hydrogens is 310 g/mol. The van der Waals surface area contributed by atoms with E-state index in [-0.39, 0.29) is 17.2 Å². The monoisotopic (exact) mass is 329 g/mol. The molecule has 0 aromatic carbocycles. The summed E-state index contributed by atoms with van der Waals surface area (Å²) in [6.07, 6.45) is 6.50. The molecule has 2 aromatic rings. The quantitative estimate of drug-likeness (QED) is 0.787. The first-order valence-corrected chi connectivity index (χ1v) is 8.98. The van der Waals surface area contributed by atoms with Crippen LogP contribution in [-0.2, 0) is 16.8 Å². The van der Waals surface area contributed by atoms with Gasteiger partial charge in [-0.15, -0.1) is 11.3 Å². The van der Waals surface area contributed by atoms with Crippen LogP contribution in [0.15, 0.2) is 34.6 Å². The maximum atomic E-state index is 12.6. The van der Waals surface area contributed by atoms with E-state index >= 15 is 0 Å². The highest BCUT2D eigenvalue weighted by Crippen LogP contribution is 2.40. The second kappa shape index (κ2) is 5.34. The number of esters is 1. The van der Waals surface area contributed by atoms with Crippen molar-refractivity contribution in [2.45, 2.75) is 50.7 Å². The van der Waals surface area contributed by atoms with Gasteiger partial charge in [0.25, 0.3) is 5.56 Å². The number of fused-ring (bicyclic) bond motifs is 1. The van der Waals surface area contributed by atoms with Crippen molar-refractivity contribution in [1.82, 2.24) is 4.57 Å². The molecule has 1 aliphatic heterocycles. The van der Waals surface area contributed by atoms with Gasteiger partial charge in [0, 0.05) is 22.7 Å². The zero-order valence-electron chi connectivity index (χ0n) is 13.1. The fraction of sp³-hybridized carbons (Fsp3) is 0.444. The van der Waals surface area contributed by atoms with Crippen LogP contribution in [0.2, 0.25) is 0 Å². The van der Waals surface area contributed by atoms with E-state index in [2.05, 4.69) is 11.4 Å². The summed E-state index contributed by atoms with van der Waals surface area (Å²) in [6, 6.07) is 6.35. The SMILES string of the molecule is CC1(CCCc2cccs2)OC(=O)c2c1ccn(C1CC1)c2=O. The summed E-state index contributed by atoms with van der Waals surface area (Å²) in [6.45, 7) is 1.92. The van der Waals surface area contributed by atoms with Crippen molar-refractivity contribution >= 4 is 17.3 Å². The molecule has 0 N–H and O–H groups in total. The number of carbonyl (C=O) groups excluding carboxylic acids is 1. The Morgan fingerprint density at radius 1 is 1.35 bits per heavy atom. The number of aromatic nitrogens is 1. The van der Waals surface area contributed by atoms with Crippen LogP contribution in [0.5, 0.6) is 0 Å². The smallest absolute Gasteiger partial charge is 0.345 e. The van der Waals surface area contributed by atoms with Gasteiger partial charge in [-0.05, 0) is 56.5 Å². The number of hydrogen-bond donors (Lipinski definition) is 0. The van der Waals surface area contributed by atoms with Gasteiger partial charge in [0.05, 0.1) is 0 Å². The summed E-state index contributed by atoms with van der Waals surface area (Å²) >= 11 is 1.74. The zero-order chi connectivity index (χ0) is 16.0. The molecule has 0 spiro atoms. The number of hydrogen-bond acceptors (Lipinski definition) is 4. The summed E-state index contributed by atoms with van der Waals surface area (Å²) in [7, 11) is 0. The van der Waals surface area contributed by atoms with Crippen LogP contribution in [0, 0.1) is 0 Å². The van der Waals surface area contributed by atoms with Crippen LogP contribution in [0.1, 0.15) is 59.4 Å². The molecule has 0 amide bonds. The predicted octanol–water partition coefficient (Wildman–Crippen LogP) is 3.65. The van der Waals surface area contributed by atoms with Gasteiger partial charge < -0.3 is 9.30 Å². The molecule has 2 aliphatic rings. The standard InChI is InChI=1S/C18H19NO3S/c1-18(9-2-4-13-5-3-11-23-13)14-8-10-19(12-6-7-12)16(20)15(14)17(21)22-18/h3,5,8,10-12H,2,4,6-7,9H2,1H3. The Bertz CT molecular complexity index is 804. The average Bonchev–Trinajstić information content (AvgIpc) is 3.15. The Morgan fingerprint density at radius 2 is 2.17 bits per heavy atom. The molecule has 4 nitrogen and oxygen atoms in total.